The molecular weight excluding hydrogens is 318 g/mol. The molecule has 24 heavy (non-hydrogen) atoms. The first kappa shape index (κ1) is 14.7. The highest BCUT2D eigenvalue weighted by Crippen LogP contribution is 2.31. The number of imidazole rings is 1. The zero-order chi connectivity index (χ0) is 16.5. The highest BCUT2D eigenvalue weighted by Gasteiger charge is 2.15. The van der Waals surface area contributed by atoms with Gasteiger partial charge in [0.05, 0.1) is 11.2 Å². The maximum absolute atomic E-state index is 12.6. The fraction of sp³-hybridized carbons (Fsp3) is 0.0526. The van der Waals surface area contributed by atoms with E-state index in [0.29, 0.717) is 0 Å². The number of fused-ring (bicyclic) bond motifs is 1. The summed E-state index contributed by atoms with van der Waals surface area (Å²) in [5.74, 6) is -0.0657. The third-order valence-corrected chi connectivity index (χ3v) is 5.25. The van der Waals surface area contributed by atoms with E-state index < -0.39 is 0 Å². The summed E-state index contributed by atoms with van der Waals surface area (Å²) in [6, 6.07) is 15.8. The summed E-state index contributed by atoms with van der Waals surface area (Å²) in [6.45, 7) is 2.00. The lowest BCUT2D eigenvalue weighted by Crippen LogP contribution is -2.11. The van der Waals surface area contributed by atoms with Gasteiger partial charge in [-0.05, 0) is 48.2 Å². The SMILES string of the molecule is Cc1c(C(=O)Nc2ccc(-n3ccnc3)cc2)sc2ccccc12. The van der Waals surface area contributed by atoms with Gasteiger partial charge in [0, 0.05) is 28.5 Å². The van der Waals surface area contributed by atoms with Gasteiger partial charge in [-0.15, -0.1) is 11.3 Å². The first-order valence-electron chi connectivity index (χ1n) is 7.60. The fourth-order valence-electron chi connectivity index (χ4n) is 2.71. The van der Waals surface area contributed by atoms with Gasteiger partial charge in [-0.25, -0.2) is 4.98 Å². The van der Waals surface area contributed by atoms with Gasteiger partial charge in [0.2, 0.25) is 0 Å². The zero-order valence-electron chi connectivity index (χ0n) is 13.1. The summed E-state index contributed by atoms with van der Waals surface area (Å²) in [5, 5.41) is 4.12. The third kappa shape index (κ3) is 2.59. The Morgan fingerprint density at radius 3 is 2.62 bits per heavy atom. The van der Waals surface area contributed by atoms with Crippen LogP contribution in [0.25, 0.3) is 15.8 Å². The lowest BCUT2D eigenvalue weighted by Gasteiger charge is -2.06. The molecule has 2 aromatic heterocycles. The minimum Gasteiger partial charge on any atom is -0.321 e. The van der Waals surface area contributed by atoms with Gasteiger partial charge in [-0.3, -0.25) is 4.79 Å². The molecule has 4 aromatic rings. The van der Waals surface area contributed by atoms with Crippen molar-refractivity contribution in [2.75, 3.05) is 5.32 Å². The van der Waals surface area contributed by atoms with Gasteiger partial charge in [0.25, 0.3) is 5.91 Å². The molecule has 0 bridgehead atoms. The molecular formula is C19H15N3OS. The molecule has 0 atom stereocenters. The number of hydrogen-bond acceptors (Lipinski definition) is 3. The highest BCUT2D eigenvalue weighted by atomic mass is 32.1. The Morgan fingerprint density at radius 1 is 1.12 bits per heavy atom. The molecule has 0 aliphatic rings. The van der Waals surface area contributed by atoms with Gasteiger partial charge < -0.3 is 9.88 Å². The van der Waals surface area contributed by atoms with Crippen LogP contribution in [-0.4, -0.2) is 15.5 Å². The molecule has 2 heterocycles. The molecule has 5 heteroatoms. The van der Waals surface area contributed by atoms with Gasteiger partial charge >= 0.3 is 0 Å². The van der Waals surface area contributed by atoms with Gasteiger partial charge in [-0.1, -0.05) is 18.2 Å². The van der Waals surface area contributed by atoms with Crippen LogP contribution in [0.1, 0.15) is 15.2 Å². The predicted octanol–water partition coefficient (Wildman–Crippen LogP) is 4.65. The molecule has 1 N–H and O–H groups in total. The van der Waals surface area contributed by atoms with Crippen molar-refractivity contribution in [3.8, 4) is 5.69 Å². The van der Waals surface area contributed by atoms with Crippen LogP contribution in [-0.2, 0) is 0 Å². The number of anilines is 1. The van der Waals surface area contributed by atoms with E-state index in [-0.39, 0.29) is 5.91 Å². The Hall–Kier alpha value is -2.92. The van der Waals surface area contributed by atoms with Crippen LogP contribution in [0.5, 0.6) is 0 Å². The lowest BCUT2D eigenvalue weighted by atomic mass is 10.1. The molecule has 0 aliphatic heterocycles. The molecule has 1 amide bonds. The van der Waals surface area contributed by atoms with Crippen molar-refractivity contribution in [2.45, 2.75) is 6.92 Å². The summed E-state index contributed by atoms with van der Waals surface area (Å²) in [5.41, 5.74) is 2.81. The molecule has 0 radical (unpaired) electrons. The van der Waals surface area contributed by atoms with Crippen LogP contribution in [0, 0.1) is 6.92 Å². The van der Waals surface area contributed by atoms with E-state index in [1.165, 1.54) is 11.3 Å². The molecule has 0 unspecified atom stereocenters. The van der Waals surface area contributed by atoms with E-state index in [9.17, 15) is 4.79 Å². The second-order valence-electron chi connectivity index (χ2n) is 5.52. The predicted molar refractivity (Wildman–Crippen MR) is 98.1 cm³/mol. The maximum atomic E-state index is 12.6. The average Bonchev–Trinajstić information content (AvgIpc) is 3.24. The normalized spacial score (nSPS) is 10.9. The van der Waals surface area contributed by atoms with E-state index in [4.69, 9.17) is 0 Å². The number of rotatable bonds is 3. The number of benzene rings is 2. The summed E-state index contributed by atoms with van der Waals surface area (Å²) >= 11 is 1.53. The molecule has 0 fully saturated rings. The van der Waals surface area contributed by atoms with Crippen molar-refractivity contribution in [3.63, 3.8) is 0 Å². The quantitative estimate of drug-likeness (QED) is 0.593. The summed E-state index contributed by atoms with van der Waals surface area (Å²) < 4.78 is 3.05. The summed E-state index contributed by atoms with van der Waals surface area (Å²) in [4.78, 5) is 17.4. The third-order valence-electron chi connectivity index (χ3n) is 3.98. The van der Waals surface area contributed by atoms with E-state index in [1.54, 1.807) is 12.5 Å². The largest absolute Gasteiger partial charge is 0.321 e. The maximum Gasteiger partial charge on any atom is 0.266 e. The fourth-order valence-corrected chi connectivity index (χ4v) is 3.81. The smallest absolute Gasteiger partial charge is 0.266 e. The topological polar surface area (TPSA) is 46.9 Å². The molecule has 0 saturated heterocycles. The number of aryl methyl sites for hydroxylation is 1. The Morgan fingerprint density at radius 2 is 1.92 bits per heavy atom. The van der Waals surface area contributed by atoms with Crippen molar-refractivity contribution < 1.29 is 4.79 Å². The Kier molecular flexibility index (Phi) is 3.63. The number of carbonyl (C=O) groups is 1. The van der Waals surface area contributed by atoms with Crippen molar-refractivity contribution in [2.24, 2.45) is 0 Å². The standard InChI is InChI=1S/C19H15N3OS/c1-13-16-4-2-3-5-17(16)24-18(13)19(23)21-14-6-8-15(9-7-14)22-11-10-20-12-22/h2-12H,1H3,(H,21,23). The number of carbonyl (C=O) groups excluding carboxylic acids is 1. The average molecular weight is 333 g/mol. The van der Waals surface area contributed by atoms with E-state index >= 15 is 0 Å². The molecule has 4 nitrogen and oxygen atoms in total. The summed E-state index contributed by atoms with van der Waals surface area (Å²) in [6.07, 6.45) is 5.36. The van der Waals surface area contributed by atoms with Crippen LogP contribution in [0.4, 0.5) is 5.69 Å². The number of aromatic nitrogens is 2. The van der Waals surface area contributed by atoms with Crippen LogP contribution in [0.3, 0.4) is 0 Å². The Balaban J connectivity index is 1.58. The van der Waals surface area contributed by atoms with E-state index in [0.717, 1.165) is 31.9 Å². The molecule has 0 aliphatic carbocycles. The second kappa shape index (κ2) is 5.94. The molecule has 4 rings (SSSR count). The van der Waals surface area contributed by atoms with Crippen molar-refractivity contribution in [3.05, 3.63) is 77.7 Å². The monoisotopic (exact) mass is 333 g/mol. The first-order valence-corrected chi connectivity index (χ1v) is 8.42. The minimum atomic E-state index is -0.0657. The lowest BCUT2D eigenvalue weighted by molar-refractivity contribution is 0.103. The molecule has 118 valence electrons. The van der Waals surface area contributed by atoms with Crippen molar-refractivity contribution in [1.29, 1.82) is 0 Å². The number of nitrogens with one attached hydrogen (secondary N) is 1. The van der Waals surface area contributed by atoms with Gasteiger partial charge in [0.15, 0.2) is 0 Å². The molecule has 2 aromatic carbocycles. The van der Waals surface area contributed by atoms with Gasteiger partial charge in [-0.2, -0.15) is 0 Å². The van der Waals surface area contributed by atoms with Crippen molar-refractivity contribution >= 4 is 33.0 Å². The Bertz CT molecular complexity index is 1000. The zero-order valence-corrected chi connectivity index (χ0v) is 13.9. The first-order chi connectivity index (χ1) is 11.7. The van der Waals surface area contributed by atoms with Crippen LogP contribution in [0.15, 0.2) is 67.3 Å². The van der Waals surface area contributed by atoms with Crippen LogP contribution < -0.4 is 5.32 Å². The van der Waals surface area contributed by atoms with E-state index in [2.05, 4.69) is 16.4 Å². The molecule has 0 saturated carbocycles. The minimum absolute atomic E-state index is 0.0657. The van der Waals surface area contributed by atoms with E-state index in [1.807, 2.05) is 60.2 Å². The molecule has 0 spiro atoms. The number of hydrogen-bond donors (Lipinski definition) is 1. The second-order valence-corrected chi connectivity index (χ2v) is 6.58. The van der Waals surface area contributed by atoms with Crippen molar-refractivity contribution in [1.82, 2.24) is 9.55 Å². The number of nitrogens with zero attached hydrogens (tertiary/aromatic N) is 2. The van der Waals surface area contributed by atoms with Crippen LogP contribution in [0.2, 0.25) is 0 Å². The highest BCUT2D eigenvalue weighted by molar-refractivity contribution is 7.21. The number of amides is 1. The Labute approximate surface area is 143 Å². The summed E-state index contributed by atoms with van der Waals surface area (Å²) in [7, 11) is 0. The van der Waals surface area contributed by atoms with Crippen LogP contribution >= 0.6 is 11.3 Å². The number of thiophene rings is 1. The van der Waals surface area contributed by atoms with Gasteiger partial charge in [0.1, 0.15) is 0 Å².